The van der Waals surface area contributed by atoms with Crippen LogP contribution in [-0.4, -0.2) is 23.7 Å². The molecule has 0 fully saturated rings. The van der Waals surface area contributed by atoms with Gasteiger partial charge in [-0.1, -0.05) is 0 Å². The maximum Gasteiger partial charge on any atom is 0.414 e. The lowest BCUT2D eigenvalue weighted by Crippen LogP contribution is -2.28. The summed E-state index contributed by atoms with van der Waals surface area (Å²) in [7, 11) is 0. The third-order valence-corrected chi connectivity index (χ3v) is 0.697. The van der Waals surface area contributed by atoms with Crippen LogP contribution in [-0.2, 0) is 4.79 Å². The summed E-state index contributed by atoms with van der Waals surface area (Å²) in [6, 6.07) is 0. The highest BCUT2D eigenvalue weighted by Gasteiger charge is 2.37. The van der Waals surface area contributed by atoms with Crippen molar-refractivity contribution in [3.63, 3.8) is 0 Å². The van der Waals surface area contributed by atoms with Crippen molar-refractivity contribution in [1.82, 2.24) is 0 Å². The largest absolute Gasteiger partial charge is 0.414 e. The molecule has 0 aliphatic rings. The molecule has 0 aromatic rings. The highest BCUT2D eigenvalue weighted by molar-refractivity contribution is 5.50. The van der Waals surface area contributed by atoms with Crippen LogP contribution in [0.4, 0.5) is 13.2 Å². The van der Waals surface area contributed by atoms with Gasteiger partial charge in [-0.2, -0.15) is 13.2 Å². The van der Waals surface area contributed by atoms with E-state index in [2.05, 4.69) is 0 Å². The first-order chi connectivity index (χ1) is 3.98. The van der Waals surface area contributed by atoms with Crippen molar-refractivity contribution in [2.45, 2.75) is 18.7 Å². The Labute approximate surface area is 49.3 Å². The molecule has 0 aromatic carbocycles. The van der Waals surface area contributed by atoms with Crippen LogP contribution in [0.2, 0.25) is 0 Å². The van der Waals surface area contributed by atoms with Crippen LogP contribution in [0.15, 0.2) is 0 Å². The van der Waals surface area contributed by atoms with Gasteiger partial charge in [0.2, 0.25) is 0 Å². The minimum absolute atomic E-state index is 0.0259. The molecule has 0 rings (SSSR count). The number of halogens is 3. The van der Waals surface area contributed by atoms with E-state index in [0.29, 0.717) is 0 Å². The number of carbonyl (C=O) groups is 1. The van der Waals surface area contributed by atoms with E-state index in [1.807, 2.05) is 0 Å². The summed E-state index contributed by atoms with van der Waals surface area (Å²) in [5.74, 6) is 0. The van der Waals surface area contributed by atoms with Gasteiger partial charge in [-0.15, -0.1) is 0 Å². The van der Waals surface area contributed by atoms with Crippen molar-refractivity contribution in [1.29, 1.82) is 0 Å². The highest BCUT2D eigenvalue weighted by Crippen LogP contribution is 2.20. The quantitative estimate of drug-likeness (QED) is 0.570. The van der Waals surface area contributed by atoms with Crippen molar-refractivity contribution in [3.8, 4) is 0 Å². The van der Waals surface area contributed by atoms with Gasteiger partial charge in [0.15, 0.2) is 6.10 Å². The zero-order chi connectivity index (χ0) is 7.49. The fourth-order valence-electron chi connectivity index (χ4n) is 0.225. The molecule has 0 radical (unpaired) electrons. The molecule has 9 heavy (non-hydrogen) atoms. The molecule has 0 saturated carbocycles. The normalized spacial score (nSPS) is 15.1. The number of hydrogen-bond acceptors (Lipinski definition) is 2. The van der Waals surface area contributed by atoms with Crippen molar-refractivity contribution in [2.75, 3.05) is 0 Å². The second kappa shape index (κ2) is 2.82. The first kappa shape index (κ1) is 8.42. The first-order valence-corrected chi connectivity index (χ1v) is 2.17. The van der Waals surface area contributed by atoms with Gasteiger partial charge >= 0.3 is 6.18 Å². The van der Waals surface area contributed by atoms with E-state index in [1.165, 1.54) is 0 Å². The van der Waals surface area contributed by atoms with E-state index in [4.69, 9.17) is 5.11 Å². The molecule has 0 bridgehead atoms. The van der Waals surface area contributed by atoms with Crippen LogP contribution in [0.3, 0.4) is 0 Å². The predicted octanol–water partition coefficient (Wildman–Crippen LogP) is 0.499. The average Bonchev–Trinajstić information content (AvgIpc) is 1.64. The second-order valence-corrected chi connectivity index (χ2v) is 1.46. The molecule has 1 atom stereocenters. The van der Waals surface area contributed by atoms with Gasteiger partial charge in [0.1, 0.15) is 6.29 Å². The maximum atomic E-state index is 11.2. The van der Waals surface area contributed by atoms with Crippen molar-refractivity contribution >= 4 is 6.29 Å². The lowest BCUT2D eigenvalue weighted by atomic mass is 10.3. The summed E-state index contributed by atoms with van der Waals surface area (Å²) < 4.78 is 33.7. The smallest absolute Gasteiger partial charge is 0.383 e. The van der Waals surface area contributed by atoms with Gasteiger partial charge in [-0.05, 0) is 0 Å². The molecule has 54 valence electrons. The Morgan fingerprint density at radius 1 is 1.56 bits per heavy atom. The van der Waals surface area contributed by atoms with Crippen LogP contribution >= 0.6 is 0 Å². The summed E-state index contributed by atoms with van der Waals surface area (Å²) in [5, 5.41) is 8.03. The summed E-state index contributed by atoms with van der Waals surface area (Å²) in [4.78, 5) is 9.40. The standard InChI is InChI=1S/C4H5F3O2/c5-4(6,7)3(9)1-2-8/h2-3,9H,1H2/t3-/m1/s1. The van der Waals surface area contributed by atoms with Crippen LogP contribution in [0.1, 0.15) is 6.42 Å². The summed E-state index contributed by atoms with van der Waals surface area (Å²) in [5.41, 5.74) is 0. The molecule has 0 unspecified atom stereocenters. The zero-order valence-electron chi connectivity index (χ0n) is 4.35. The molecule has 0 saturated heterocycles. The minimum atomic E-state index is -4.67. The van der Waals surface area contributed by atoms with Crippen molar-refractivity contribution in [3.05, 3.63) is 0 Å². The molecule has 5 heteroatoms. The van der Waals surface area contributed by atoms with E-state index >= 15 is 0 Å². The van der Waals surface area contributed by atoms with Crippen LogP contribution in [0.25, 0.3) is 0 Å². The molecule has 0 aliphatic heterocycles. The number of aldehydes is 1. The molecule has 1 N–H and O–H groups in total. The van der Waals surface area contributed by atoms with E-state index in [0.717, 1.165) is 0 Å². The SMILES string of the molecule is O=CC[C@@H](O)C(F)(F)F. The van der Waals surface area contributed by atoms with Gasteiger partial charge in [-0.3, -0.25) is 0 Å². The van der Waals surface area contributed by atoms with Crippen molar-refractivity contribution < 1.29 is 23.1 Å². The number of carbonyl (C=O) groups excluding carboxylic acids is 1. The summed E-state index contributed by atoms with van der Waals surface area (Å²) in [6.45, 7) is 0. The minimum Gasteiger partial charge on any atom is -0.383 e. The van der Waals surface area contributed by atoms with Gasteiger partial charge in [-0.25, -0.2) is 0 Å². The number of hydrogen-bond donors (Lipinski definition) is 1. The maximum absolute atomic E-state index is 11.2. The number of aliphatic hydroxyl groups excluding tert-OH is 1. The average molecular weight is 142 g/mol. The lowest BCUT2D eigenvalue weighted by molar-refractivity contribution is -0.204. The van der Waals surface area contributed by atoms with Gasteiger partial charge < -0.3 is 9.90 Å². The zero-order valence-corrected chi connectivity index (χ0v) is 4.35. The Morgan fingerprint density at radius 2 is 2.00 bits per heavy atom. The Morgan fingerprint density at radius 3 is 2.11 bits per heavy atom. The number of rotatable bonds is 2. The Hall–Kier alpha value is -0.580. The predicted molar refractivity (Wildman–Crippen MR) is 22.7 cm³/mol. The molecule has 0 spiro atoms. The molecular formula is C4H5F3O2. The number of alkyl halides is 3. The third-order valence-electron chi connectivity index (χ3n) is 0.697. The molecule has 0 aromatic heterocycles. The van der Waals surface area contributed by atoms with Crippen LogP contribution in [0.5, 0.6) is 0 Å². The van der Waals surface area contributed by atoms with E-state index < -0.39 is 18.7 Å². The molecule has 0 heterocycles. The fraction of sp³-hybridized carbons (Fsp3) is 0.750. The van der Waals surface area contributed by atoms with E-state index in [-0.39, 0.29) is 6.29 Å². The Kier molecular flexibility index (Phi) is 2.64. The molecular weight excluding hydrogens is 137 g/mol. The van der Waals surface area contributed by atoms with Gasteiger partial charge in [0.05, 0.1) is 0 Å². The monoisotopic (exact) mass is 142 g/mol. The molecule has 2 nitrogen and oxygen atoms in total. The highest BCUT2D eigenvalue weighted by atomic mass is 19.4. The summed E-state index contributed by atoms with van der Waals surface area (Å²) >= 11 is 0. The fourth-order valence-corrected chi connectivity index (χ4v) is 0.225. The summed E-state index contributed by atoms with van der Waals surface area (Å²) in [6.07, 6.45) is -8.03. The lowest BCUT2D eigenvalue weighted by Gasteiger charge is -2.09. The molecule has 0 aliphatic carbocycles. The van der Waals surface area contributed by atoms with Crippen LogP contribution < -0.4 is 0 Å². The van der Waals surface area contributed by atoms with E-state index in [9.17, 15) is 18.0 Å². The topological polar surface area (TPSA) is 37.3 Å². The van der Waals surface area contributed by atoms with E-state index in [1.54, 1.807) is 0 Å². The van der Waals surface area contributed by atoms with Crippen molar-refractivity contribution in [2.24, 2.45) is 0 Å². The third kappa shape index (κ3) is 3.07. The number of aliphatic hydroxyl groups is 1. The Bertz CT molecular complexity index is 98.5. The van der Waals surface area contributed by atoms with Gasteiger partial charge in [0, 0.05) is 6.42 Å². The Balaban J connectivity index is 3.72. The van der Waals surface area contributed by atoms with Gasteiger partial charge in [0.25, 0.3) is 0 Å². The second-order valence-electron chi connectivity index (χ2n) is 1.46. The molecule has 0 amide bonds. The van der Waals surface area contributed by atoms with Crippen LogP contribution in [0, 0.1) is 0 Å². The first-order valence-electron chi connectivity index (χ1n) is 2.17.